The van der Waals surface area contributed by atoms with Gasteiger partial charge in [0.2, 0.25) is 0 Å². The Morgan fingerprint density at radius 1 is 1.44 bits per heavy atom. The van der Waals surface area contributed by atoms with Gasteiger partial charge in [0, 0.05) is 13.1 Å². The Labute approximate surface area is 75.2 Å². The zero-order chi connectivity index (χ0) is 6.69. The van der Waals surface area contributed by atoms with Crippen LogP contribution < -0.4 is 0 Å². The molecule has 1 saturated heterocycles. The molecule has 0 radical (unpaired) electrons. The first kappa shape index (κ1) is 8.10. The van der Waals surface area contributed by atoms with Crippen LogP contribution in [-0.4, -0.2) is 23.5 Å². The predicted molar refractivity (Wildman–Crippen MR) is 48.7 cm³/mol. The average Bonchev–Trinajstić information content (AvgIpc) is 1.90. The molecular formula is C5H10INOS. The molecule has 1 fully saturated rings. The first-order chi connectivity index (χ1) is 4.33. The van der Waals surface area contributed by atoms with Crippen LogP contribution >= 0.6 is 35.8 Å². The van der Waals surface area contributed by atoms with E-state index >= 15 is 0 Å². The molecule has 1 heterocycles. The highest BCUT2D eigenvalue weighted by Gasteiger charge is 2.16. The van der Waals surface area contributed by atoms with E-state index in [2.05, 4.69) is 12.8 Å². The molecule has 0 atom stereocenters. The summed E-state index contributed by atoms with van der Waals surface area (Å²) in [5, 5.41) is 0. The van der Waals surface area contributed by atoms with Gasteiger partial charge in [0.1, 0.15) is 23.0 Å². The minimum Gasteiger partial charge on any atom is -0.312 e. The lowest BCUT2D eigenvalue weighted by Crippen LogP contribution is -2.29. The Bertz CT molecular complexity index is 85.0. The van der Waals surface area contributed by atoms with Crippen LogP contribution in [0, 0.1) is 0 Å². The summed E-state index contributed by atoms with van der Waals surface area (Å²) in [4.78, 5) is 0. The number of rotatable bonds is 1. The molecule has 9 heavy (non-hydrogen) atoms. The molecule has 0 saturated carbocycles. The maximum absolute atomic E-state index is 5.15. The maximum atomic E-state index is 5.15. The normalized spacial score (nSPS) is 24.7. The van der Waals surface area contributed by atoms with Crippen LogP contribution in [0.2, 0.25) is 0 Å². The minimum atomic E-state index is 0.467. The van der Waals surface area contributed by atoms with Gasteiger partial charge in [-0.2, -0.15) is 0 Å². The van der Waals surface area contributed by atoms with Gasteiger partial charge in [-0.1, -0.05) is 12.8 Å². The van der Waals surface area contributed by atoms with Crippen molar-refractivity contribution in [2.45, 2.75) is 18.9 Å². The second kappa shape index (κ2) is 4.00. The highest BCUT2D eigenvalue weighted by molar-refractivity contribution is 14.1. The van der Waals surface area contributed by atoms with Crippen LogP contribution in [0.4, 0.5) is 0 Å². The summed E-state index contributed by atoms with van der Waals surface area (Å²) in [5.41, 5.74) is 0. The van der Waals surface area contributed by atoms with E-state index in [1.807, 2.05) is 27.3 Å². The van der Waals surface area contributed by atoms with Crippen molar-refractivity contribution in [1.29, 1.82) is 0 Å². The second-order valence-corrected chi connectivity index (χ2v) is 3.32. The quantitative estimate of drug-likeness (QED) is 0.568. The lowest BCUT2D eigenvalue weighted by molar-refractivity contribution is 0.191. The third-order valence-electron chi connectivity index (χ3n) is 1.54. The van der Waals surface area contributed by atoms with E-state index in [9.17, 15) is 0 Å². The standard InChI is InChI=1S/C5H10INOS/c6-8-5-1-3-7(9)4-2-5/h5,9H,1-4H2. The van der Waals surface area contributed by atoms with Crippen LogP contribution in [-0.2, 0) is 3.07 Å². The molecule has 0 spiro atoms. The van der Waals surface area contributed by atoms with E-state index in [0.717, 1.165) is 25.9 Å². The number of hydrogen-bond donors (Lipinski definition) is 1. The van der Waals surface area contributed by atoms with Crippen molar-refractivity contribution in [2.75, 3.05) is 13.1 Å². The molecule has 2 nitrogen and oxygen atoms in total. The fourth-order valence-corrected chi connectivity index (χ4v) is 1.67. The highest BCUT2D eigenvalue weighted by Crippen LogP contribution is 2.16. The summed E-state index contributed by atoms with van der Waals surface area (Å²) in [5.74, 6) is 0. The third-order valence-corrected chi connectivity index (χ3v) is 2.66. The average molecular weight is 259 g/mol. The van der Waals surface area contributed by atoms with E-state index < -0.39 is 0 Å². The Morgan fingerprint density at radius 3 is 2.44 bits per heavy atom. The number of hydrogen-bond acceptors (Lipinski definition) is 3. The number of nitrogens with zero attached hydrogens (tertiary/aromatic N) is 1. The van der Waals surface area contributed by atoms with E-state index in [4.69, 9.17) is 3.07 Å². The zero-order valence-electron chi connectivity index (χ0n) is 5.09. The minimum absolute atomic E-state index is 0.467. The number of thiol groups is 1. The van der Waals surface area contributed by atoms with Crippen LogP contribution in [0.5, 0.6) is 0 Å². The molecule has 1 aliphatic heterocycles. The number of piperidine rings is 1. The van der Waals surface area contributed by atoms with Crippen molar-refractivity contribution >= 4 is 35.8 Å². The maximum Gasteiger partial charge on any atom is 0.110 e. The summed E-state index contributed by atoms with van der Waals surface area (Å²) in [6.45, 7) is 2.10. The molecule has 0 aromatic heterocycles. The van der Waals surface area contributed by atoms with Gasteiger partial charge in [0.25, 0.3) is 0 Å². The fraction of sp³-hybridized carbons (Fsp3) is 1.00. The Kier molecular flexibility index (Phi) is 3.60. The predicted octanol–water partition coefficient (Wildman–Crippen LogP) is 1.66. The summed E-state index contributed by atoms with van der Waals surface area (Å²) in [6, 6.07) is 0. The van der Waals surface area contributed by atoms with Crippen LogP contribution in [0.25, 0.3) is 0 Å². The summed E-state index contributed by atoms with van der Waals surface area (Å²) >= 11 is 6.19. The van der Waals surface area contributed by atoms with Gasteiger partial charge in [-0.25, -0.2) is 0 Å². The van der Waals surface area contributed by atoms with Gasteiger partial charge in [0.05, 0.1) is 6.10 Å². The molecule has 0 amide bonds. The Hall–Kier alpha value is 1.00. The van der Waals surface area contributed by atoms with Gasteiger partial charge in [0.15, 0.2) is 0 Å². The largest absolute Gasteiger partial charge is 0.312 e. The van der Waals surface area contributed by atoms with E-state index in [1.165, 1.54) is 0 Å². The summed E-state index contributed by atoms with van der Waals surface area (Å²) in [6.07, 6.45) is 2.70. The molecule has 1 rings (SSSR count). The molecule has 0 aromatic carbocycles. The molecule has 0 unspecified atom stereocenters. The molecule has 0 aliphatic carbocycles. The van der Waals surface area contributed by atoms with Crippen LogP contribution in [0.1, 0.15) is 12.8 Å². The zero-order valence-corrected chi connectivity index (χ0v) is 8.14. The topological polar surface area (TPSA) is 12.5 Å². The van der Waals surface area contributed by atoms with Crippen molar-refractivity contribution < 1.29 is 3.07 Å². The van der Waals surface area contributed by atoms with Crippen molar-refractivity contribution in [3.8, 4) is 0 Å². The molecule has 54 valence electrons. The third kappa shape index (κ3) is 2.61. The van der Waals surface area contributed by atoms with Crippen molar-refractivity contribution in [3.63, 3.8) is 0 Å². The van der Waals surface area contributed by atoms with Gasteiger partial charge >= 0.3 is 0 Å². The molecule has 0 aromatic rings. The van der Waals surface area contributed by atoms with Crippen molar-refractivity contribution in [3.05, 3.63) is 0 Å². The smallest absolute Gasteiger partial charge is 0.110 e. The molecule has 1 aliphatic rings. The SMILES string of the molecule is SN1CCC(OI)CC1. The molecule has 0 N–H and O–H groups in total. The van der Waals surface area contributed by atoms with Gasteiger partial charge < -0.3 is 3.07 Å². The van der Waals surface area contributed by atoms with Crippen LogP contribution in [0.3, 0.4) is 0 Å². The lowest BCUT2D eigenvalue weighted by atomic mass is 10.1. The fourth-order valence-electron chi connectivity index (χ4n) is 0.931. The highest BCUT2D eigenvalue weighted by atomic mass is 127. The molecule has 0 bridgehead atoms. The number of halogens is 1. The lowest BCUT2D eigenvalue weighted by Gasteiger charge is -2.25. The van der Waals surface area contributed by atoms with Gasteiger partial charge in [-0.05, 0) is 12.8 Å². The molecular weight excluding hydrogens is 249 g/mol. The monoisotopic (exact) mass is 259 g/mol. The van der Waals surface area contributed by atoms with Gasteiger partial charge in [-0.15, -0.1) is 0 Å². The van der Waals surface area contributed by atoms with Crippen molar-refractivity contribution in [1.82, 2.24) is 4.31 Å². The van der Waals surface area contributed by atoms with E-state index in [1.54, 1.807) is 0 Å². The van der Waals surface area contributed by atoms with Gasteiger partial charge in [-0.3, -0.25) is 4.31 Å². The Morgan fingerprint density at radius 2 is 2.00 bits per heavy atom. The van der Waals surface area contributed by atoms with E-state index in [-0.39, 0.29) is 0 Å². The Balaban J connectivity index is 2.18. The van der Waals surface area contributed by atoms with Crippen LogP contribution in [0.15, 0.2) is 0 Å². The first-order valence-corrected chi connectivity index (χ1v) is 4.32. The van der Waals surface area contributed by atoms with E-state index in [0.29, 0.717) is 6.10 Å². The molecule has 4 heteroatoms. The summed E-state index contributed by atoms with van der Waals surface area (Å²) in [7, 11) is 0. The summed E-state index contributed by atoms with van der Waals surface area (Å²) < 4.78 is 7.18. The van der Waals surface area contributed by atoms with Crippen molar-refractivity contribution in [2.24, 2.45) is 0 Å². The second-order valence-electron chi connectivity index (χ2n) is 2.24. The first-order valence-electron chi connectivity index (χ1n) is 3.04.